The van der Waals surface area contributed by atoms with E-state index in [0.29, 0.717) is 16.9 Å². The molecule has 1 heterocycles. The Hall–Kier alpha value is -3.54. The smallest absolute Gasteiger partial charge is 0.277 e. The Morgan fingerprint density at radius 1 is 0.960 bits per heavy atom. The predicted octanol–water partition coefficient (Wildman–Crippen LogP) is 3.01. The molecule has 0 radical (unpaired) electrons. The molecule has 4 rings (SSSR count). The minimum absolute atomic E-state index is 0.102. The number of hydrogen-bond donors (Lipinski definition) is 1. The molecule has 0 atom stereocenters. The molecule has 0 fully saturated rings. The summed E-state index contributed by atoms with van der Waals surface area (Å²) in [6, 6.07) is 12.9. The molecule has 122 valence electrons. The van der Waals surface area contributed by atoms with Gasteiger partial charge >= 0.3 is 0 Å². The van der Waals surface area contributed by atoms with Crippen LogP contribution in [0.4, 0.5) is 5.69 Å². The first-order valence-electron chi connectivity index (χ1n) is 7.62. The number of nitrogens with zero attached hydrogens (tertiary/aromatic N) is 1. The van der Waals surface area contributed by atoms with Crippen molar-refractivity contribution in [1.29, 1.82) is 0 Å². The van der Waals surface area contributed by atoms with Crippen molar-refractivity contribution in [2.75, 3.05) is 5.32 Å². The number of fused-ring (bicyclic) bond motifs is 2. The Bertz CT molecular complexity index is 1050. The summed E-state index contributed by atoms with van der Waals surface area (Å²) in [5.41, 5.74) is 1.55. The van der Waals surface area contributed by atoms with Gasteiger partial charge in [-0.1, -0.05) is 41.6 Å². The van der Waals surface area contributed by atoms with E-state index in [1.54, 1.807) is 49.4 Å². The Labute approximate surface area is 142 Å². The maximum absolute atomic E-state index is 12.9. The maximum atomic E-state index is 12.9. The van der Waals surface area contributed by atoms with Gasteiger partial charge in [0.15, 0.2) is 17.3 Å². The summed E-state index contributed by atoms with van der Waals surface area (Å²) in [4.78, 5) is 37.8. The second-order valence-electron chi connectivity index (χ2n) is 5.71. The lowest BCUT2D eigenvalue weighted by molar-refractivity contribution is 0.0978. The first-order chi connectivity index (χ1) is 12.1. The highest BCUT2D eigenvalue weighted by Gasteiger charge is 2.31. The zero-order chi connectivity index (χ0) is 17.6. The van der Waals surface area contributed by atoms with Gasteiger partial charge in [0.25, 0.3) is 5.91 Å². The van der Waals surface area contributed by atoms with E-state index in [1.165, 1.54) is 6.07 Å². The van der Waals surface area contributed by atoms with Crippen LogP contribution in [0.5, 0.6) is 0 Å². The normalized spacial score (nSPS) is 12.5. The topological polar surface area (TPSA) is 89.3 Å². The molecule has 1 aliphatic rings. The molecule has 3 aromatic rings. The van der Waals surface area contributed by atoms with Crippen molar-refractivity contribution >= 4 is 23.2 Å². The molecular formula is C19H12N2O4. The third kappa shape index (κ3) is 2.35. The van der Waals surface area contributed by atoms with E-state index in [4.69, 9.17) is 4.52 Å². The first-order valence-corrected chi connectivity index (χ1v) is 7.62. The van der Waals surface area contributed by atoms with E-state index in [0.717, 1.165) is 0 Å². The first kappa shape index (κ1) is 15.0. The van der Waals surface area contributed by atoms with Crippen molar-refractivity contribution < 1.29 is 18.9 Å². The van der Waals surface area contributed by atoms with E-state index in [1.807, 2.05) is 0 Å². The van der Waals surface area contributed by atoms with Crippen molar-refractivity contribution in [2.45, 2.75) is 6.92 Å². The van der Waals surface area contributed by atoms with E-state index in [9.17, 15) is 14.4 Å². The average Bonchev–Trinajstić information content (AvgIpc) is 3.06. The van der Waals surface area contributed by atoms with Gasteiger partial charge in [0, 0.05) is 22.8 Å². The summed E-state index contributed by atoms with van der Waals surface area (Å²) in [7, 11) is 0. The number of carbonyl (C=O) groups excluding carboxylic acids is 3. The number of hydrogen-bond acceptors (Lipinski definition) is 5. The summed E-state index contributed by atoms with van der Waals surface area (Å²) in [5.74, 6) is -0.541. The number of carbonyl (C=O) groups is 3. The van der Waals surface area contributed by atoms with Crippen molar-refractivity contribution in [3.8, 4) is 0 Å². The summed E-state index contributed by atoms with van der Waals surface area (Å²) in [6.45, 7) is 1.67. The largest absolute Gasteiger partial charge is 0.361 e. The number of ketones is 2. The fourth-order valence-corrected chi connectivity index (χ4v) is 2.91. The minimum atomic E-state index is -0.510. The molecule has 1 amide bonds. The van der Waals surface area contributed by atoms with Gasteiger partial charge in [-0.15, -0.1) is 0 Å². The lowest BCUT2D eigenvalue weighted by Crippen LogP contribution is -2.24. The summed E-state index contributed by atoms with van der Waals surface area (Å²) < 4.78 is 4.89. The van der Waals surface area contributed by atoms with Crippen molar-refractivity contribution in [3.63, 3.8) is 0 Å². The monoisotopic (exact) mass is 332 g/mol. The highest BCUT2D eigenvalue weighted by Crippen LogP contribution is 2.32. The van der Waals surface area contributed by atoms with Crippen LogP contribution in [0.25, 0.3) is 0 Å². The Balaban J connectivity index is 1.78. The summed E-state index contributed by atoms with van der Waals surface area (Å²) in [5, 5.41) is 6.30. The number of anilines is 1. The van der Waals surface area contributed by atoms with Crippen LogP contribution < -0.4 is 5.32 Å². The molecule has 1 N–H and O–H groups in total. The fourth-order valence-electron chi connectivity index (χ4n) is 2.91. The van der Waals surface area contributed by atoms with Crippen LogP contribution in [0.2, 0.25) is 0 Å². The number of amides is 1. The van der Waals surface area contributed by atoms with Crippen LogP contribution >= 0.6 is 0 Å². The van der Waals surface area contributed by atoms with E-state index < -0.39 is 5.91 Å². The van der Waals surface area contributed by atoms with E-state index in [2.05, 4.69) is 10.5 Å². The molecule has 1 aromatic heterocycles. The van der Waals surface area contributed by atoms with E-state index in [-0.39, 0.29) is 34.1 Å². The molecule has 6 nitrogen and oxygen atoms in total. The SMILES string of the molecule is Cc1cc(C(=O)Nc2cccc3c2C(=O)c2ccccc2C3=O)no1. The molecule has 0 unspecified atom stereocenters. The third-order valence-corrected chi connectivity index (χ3v) is 4.06. The summed E-state index contributed by atoms with van der Waals surface area (Å²) in [6.07, 6.45) is 0. The highest BCUT2D eigenvalue weighted by molar-refractivity contribution is 6.30. The van der Waals surface area contributed by atoms with E-state index >= 15 is 0 Å². The second kappa shape index (κ2) is 5.52. The van der Waals surface area contributed by atoms with Gasteiger partial charge in [0.1, 0.15) is 5.76 Å². The van der Waals surface area contributed by atoms with Gasteiger partial charge in [0.2, 0.25) is 0 Å². The zero-order valence-corrected chi connectivity index (χ0v) is 13.2. The molecule has 25 heavy (non-hydrogen) atoms. The Kier molecular flexibility index (Phi) is 3.32. The van der Waals surface area contributed by atoms with Crippen LogP contribution in [-0.2, 0) is 0 Å². The standard InChI is InChI=1S/C19H12N2O4/c1-10-9-15(21-25-10)19(24)20-14-8-4-7-13-16(14)18(23)12-6-3-2-5-11(12)17(13)22/h2-9H,1H3,(H,20,24). The predicted molar refractivity (Wildman–Crippen MR) is 88.9 cm³/mol. The van der Waals surface area contributed by atoms with Gasteiger partial charge in [-0.2, -0.15) is 0 Å². The van der Waals surface area contributed by atoms with Gasteiger partial charge in [0.05, 0.1) is 11.3 Å². The quantitative estimate of drug-likeness (QED) is 0.609. The Morgan fingerprint density at radius 3 is 2.32 bits per heavy atom. The van der Waals surface area contributed by atoms with Gasteiger partial charge in [-0.05, 0) is 13.0 Å². The van der Waals surface area contributed by atoms with Gasteiger partial charge < -0.3 is 9.84 Å². The molecule has 0 spiro atoms. The van der Waals surface area contributed by atoms with Gasteiger partial charge in [-0.25, -0.2) is 0 Å². The van der Waals surface area contributed by atoms with Crippen LogP contribution in [0.1, 0.15) is 48.1 Å². The van der Waals surface area contributed by atoms with Crippen LogP contribution in [0, 0.1) is 6.92 Å². The zero-order valence-electron chi connectivity index (χ0n) is 13.2. The van der Waals surface area contributed by atoms with Crippen molar-refractivity contribution in [1.82, 2.24) is 5.16 Å². The molecule has 0 saturated carbocycles. The Morgan fingerprint density at radius 2 is 1.64 bits per heavy atom. The number of benzene rings is 2. The second-order valence-corrected chi connectivity index (χ2v) is 5.71. The molecule has 0 aliphatic heterocycles. The molecule has 0 saturated heterocycles. The van der Waals surface area contributed by atoms with Crippen LogP contribution in [0.3, 0.4) is 0 Å². The average molecular weight is 332 g/mol. The van der Waals surface area contributed by atoms with Crippen LogP contribution in [-0.4, -0.2) is 22.6 Å². The number of aryl methyl sites for hydroxylation is 1. The summed E-state index contributed by atoms with van der Waals surface area (Å²) >= 11 is 0. The van der Waals surface area contributed by atoms with Crippen molar-refractivity contribution in [3.05, 3.63) is 82.2 Å². The van der Waals surface area contributed by atoms with Crippen molar-refractivity contribution in [2.24, 2.45) is 0 Å². The highest BCUT2D eigenvalue weighted by atomic mass is 16.5. The molecule has 1 aliphatic carbocycles. The lowest BCUT2D eigenvalue weighted by atomic mass is 9.83. The number of nitrogens with one attached hydrogen (secondary N) is 1. The third-order valence-electron chi connectivity index (χ3n) is 4.06. The number of aromatic nitrogens is 1. The van der Waals surface area contributed by atoms with Gasteiger partial charge in [-0.3, -0.25) is 14.4 Å². The minimum Gasteiger partial charge on any atom is -0.361 e. The fraction of sp³-hybridized carbons (Fsp3) is 0.0526. The maximum Gasteiger partial charge on any atom is 0.277 e. The lowest BCUT2D eigenvalue weighted by Gasteiger charge is -2.20. The van der Waals surface area contributed by atoms with Crippen LogP contribution in [0.15, 0.2) is 53.1 Å². The number of rotatable bonds is 2. The molecule has 2 aromatic carbocycles. The molecular weight excluding hydrogens is 320 g/mol. The molecule has 0 bridgehead atoms. The molecule has 6 heteroatoms.